The van der Waals surface area contributed by atoms with Crippen molar-refractivity contribution in [1.82, 2.24) is 9.88 Å². The number of para-hydroxylation sites is 1. The summed E-state index contributed by atoms with van der Waals surface area (Å²) in [7, 11) is 0. The third-order valence-electron chi connectivity index (χ3n) is 5.20. The van der Waals surface area contributed by atoms with E-state index in [-0.39, 0.29) is 30.5 Å². The molecule has 2 heterocycles. The average molecular weight is 380 g/mol. The number of carbonyl (C=O) groups is 1. The van der Waals surface area contributed by atoms with Gasteiger partial charge >= 0.3 is 0 Å². The SMILES string of the molecule is CCC(N)Cc1c(C)n(CC(=O)NCC2CCCO2)c2ccccc12.Cl. The number of ether oxygens (including phenoxy) is 1. The lowest BCUT2D eigenvalue weighted by molar-refractivity contribution is -0.122. The van der Waals surface area contributed by atoms with Crippen LogP contribution in [-0.4, -0.2) is 35.8 Å². The van der Waals surface area contributed by atoms with E-state index in [0.717, 1.165) is 43.5 Å². The molecule has 2 unspecified atom stereocenters. The molecule has 3 rings (SSSR count). The number of hydrogen-bond donors (Lipinski definition) is 2. The minimum atomic E-state index is 0. The van der Waals surface area contributed by atoms with Crippen molar-refractivity contribution in [2.45, 2.75) is 58.2 Å². The first kappa shape index (κ1) is 20.7. The third-order valence-corrected chi connectivity index (χ3v) is 5.20. The second-order valence-electron chi connectivity index (χ2n) is 6.98. The predicted molar refractivity (Wildman–Crippen MR) is 108 cm³/mol. The van der Waals surface area contributed by atoms with E-state index >= 15 is 0 Å². The Morgan fingerprint density at radius 2 is 2.19 bits per heavy atom. The van der Waals surface area contributed by atoms with Gasteiger partial charge in [-0.1, -0.05) is 25.1 Å². The second-order valence-corrected chi connectivity index (χ2v) is 6.98. The molecule has 5 nitrogen and oxygen atoms in total. The molecule has 26 heavy (non-hydrogen) atoms. The number of hydrogen-bond acceptors (Lipinski definition) is 3. The summed E-state index contributed by atoms with van der Waals surface area (Å²) in [6.45, 7) is 5.94. The van der Waals surface area contributed by atoms with Crippen LogP contribution in [0, 0.1) is 6.92 Å². The van der Waals surface area contributed by atoms with Crippen molar-refractivity contribution in [3.8, 4) is 0 Å². The number of benzene rings is 1. The zero-order valence-electron chi connectivity index (χ0n) is 15.7. The molecule has 1 aromatic heterocycles. The first-order chi connectivity index (χ1) is 12.1. The van der Waals surface area contributed by atoms with Gasteiger partial charge in [-0.3, -0.25) is 4.79 Å². The lowest BCUT2D eigenvalue weighted by Gasteiger charge is -2.13. The van der Waals surface area contributed by atoms with E-state index in [1.165, 1.54) is 10.9 Å². The van der Waals surface area contributed by atoms with Crippen LogP contribution in [0.5, 0.6) is 0 Å². The molecule has 0 radical (unpaired) electrons. The molecule has 1 aliphatic rings. The van der Waals surface area contributed by atoms with Crippen molar-refractivity contribution >= 4 is 29.2 Å². The summed E-state index contributed by atoms with van der Waals surface area (Å²) >= 11 is 0. The molecule has 3 N–H and O–H groups in total. The fraction of sp³-hybridized carbons (Fsp3) is 0.550. The van der Waals surface area contributed by atoms with Crippen LogP contribution in [0.25, 0.3) is 10.9 Å². The van der Waals surface area contributed by atoms with Crippen LogP contribution < -0.4 is 11.1 Å². The van der Waals surface area contributed by atoms with Gasteiger partial charge in [-0.25, -0.2) is 0 Å². The molecule has 0 bridgehead atoms. The number of nitrogens with one attached hydrogen (secondary N) is 1. The number of fused-ring (bicyclic) bond motifs is 1. The van der Waals surface area contributed by atoms with E-state index in [9.17, 15) is 4.79 Å². The Morgan fingerprint density at radius 1 is 1.42 bits per heavy atom. The molecule has 1 saturated heterocycles. The van der Waals surface area contributed by atoms with Crippen molar-refractivity contribution in [1.29, 1.82) is 0 Å². The molecule has 1 amide bonds. The fourth-order valence-electron chi connectivity index (χ4n) is 3.60. The molecular weight excluding hydrogens is 350 g/mol. The Labute approximate surface area is 161 Å². The number of amides is 1. The zero-order chi connectivity index (χ0) is 17.8. The van der Waals surface area contributed by atoms with Gasteiger partial charge in [0.1, 0.15) is 6.54 Å². The summed E-state index contributed by atoms with van der Waals surface area (Å²) in [6.07, 6.45) is 4.08. The van der Waals surface area contributed by atoms with Crippen molar-refractivity contribution in [2.24, 2.45) is 5.73 Å². The van der Waals surface area contributed by atoms with E-state index in [2.05, 4.69) is 35.9 Å². The maximum absolute atomic E-state index is 12.4. The highest BCUT2D eigenvalue weighted by atomic mass is 35.5. The van der Waals surface area contributed by atoms with Crippen molar-refractivity contribution in [3.05, 3.63) is 35.5 Å². The Morgan fingerprint density at radius 3 is 2.88 bits per heavy atom. The summed E-state index contributed by atoms with van der Waals surface area (Å²) < 4.78 is 7.68. The van der Waals surface area contributed by atoms with E-state index in [1.807, 2.05) is 12.1 Å². The molecule has 2 aromatic rings. The van der Waals surface area contributed by atoms with Gasteiger partial charge < -0.3 is 20.4 Å². The molecular formula is C20H30ClN3O2. The molecule has 0 aliphatic carbocycles. The minimum Gasteiger partial charge on any atom is -0.376 e. The second kappa shape index (κ2) is 9.40. The molecule has 0 saturated carbocycles. The maximum atomic E-state index is 12.4. The summed E-state index contributed by atoms with van der Waals surface area (Å²) in [5.74, 6) is 0.0330. The molecule has 144 valence electrons. The molecule has 1 fully saturated rings. The first-order valence-corrected chi connectivity index (χ1v) is 9.30. The number of carbonyl (C=O) groups excluding carboxylic acids is 1. The number of aromatic nitrogens is 1. The standard InChI is InChI=1S/C20H29N3O2.ClH/c1-3-15(21)11-18-14(2)23(19-9-5-4-8-17(18)19)13-20(24)22-12-16-7-6-10-25-16;/h4-5,8-9,15-16H,3,6-7,10-13,21H2,1-2H3,(H,22,24);1H. The number of halogens is 1. The summed E-state index contributed by atoms with van der Waals surface area (Å²) in [6, 6.07) is 8.42. The summed E-state index contributed by atoms with van der Waals surface area (Å²) in [5, 5.41) is 4.22. The zero-order valence-corrected chi connectivity index (χ0v) is 16.5. The molecule has 2 atom stereocenters. The molecule has 1 aliphatic heterocycles. The van der Waals surface area contributed by atoms with Crippen molar-refractivity contribution < 1.29 is 9.53 Å². The topological polar surface area (TPSA) is 69.3 Å². The number of nitrogens with two attached hydrogens (primary N) is 1. The Bertz CT molecular complexity index is 738. The van der Waals surface area contributed by atoms with E-state index in [0.29, 0.717) is 13.1 Å². The summed E-state index contributed by atoms with van der Waals surface area (Å²) in [4.78, 5) is 12.4. The van der Waals surface area contributed by atoms with Crippen LogP contribution >= 0.6 is 12.4 Å². The van der Waals surface area contributed by atoms with E-state index in [1.54, 1.807) is 0 Å². The summed E-state index contributed by atoms with van der Waals surface area (Å²) in [5.41, 5.74) is 9.69. The van der Waals surface area contributed by atoms with Crippen LogP contribution in [0.1, 0.15) is 37.4 Å². The van der Waals surface area contributed by atoms with Gasteiger partial charge in [-0.2, -0.15) is 0 Å². The highest BCUT2D eigenvalue weighted by Crippen LogP contribution is 2.27. The molecule has 0 spiro atoms. The monoisotopic (exact) mass is 379 g/mol. The quantitative estimate of drug-likeness (QED) is 0.777. The van der Waals surface area contributed by atoms with Crippen LogP contribution in [0.15, 0.2) is 24.3 Å². The largest absolute Gasteiger partial charge is 0.376 e. The number of rotatable bonds is 7. The molecule has 6 heteroatoms. The van der Waals surface area contributed by atoms with Gasteiger partial charge in [0.05, 0.1) is 6.10 Å². The minimum absolute atomic E-state index is 0. The molecule has 1 aromatic carbocycles. The van der Waals surface area contributed by atoms with Crippen LogP contribution in [0.4, 0.5) is 0 Å². The average Bonchev–Trinajstić information content (AvgIpc) is 3.23. The van der Waals surface area contributed by atoms with Gasteiger partial charge in [0.15, 0.2) is 0 Å². The smallest absolute Gasteiger partial charge is 0.240 e. The van der Waals surface area contributed by atoms with Crippen LogP contribution in [0.3, 0.4) is 0 Å². The van der Waals surface area contributed by atoms with E-state index in [4.69, 9.17) is 10.5 Å². The van der Waals surface area contributed by atoms with E-state index < -0.39 is 0 Å². The van der Waals surface area contributed by atoms with Crippen LogP contribution in [-0.2, 0) is 22.5 Å². The Hall–Kier alpha value is -1.56. The highest BCUT2D eigenvalue weighted by Gasteiger charge is 2.19. The Balaban J connectivity index is 0.00000243. The normalized spacial score (nSPS) is 17.9. The fourth-order valence-corrected chi connectivity index (χ4v) is 3.60. The van der Waals surface area contributed by atoms with Crippen LogP contribution in [0.2, 0.25) is 0 Å². The Kier molecular flexibility index (Phi) is 7.50. The lowest BCUT2D eigenvalue weighted by Crippen LogP contribution is -2.34. The number of nitrogens with zero attached hydrogens (tertiary/aromatic N) is 1. The predicted octanol–water partition coefficient (Wildman–Crippen LogP) is 2.95. The van der Waals surface area contributed by atoms with Gasteiger partial charge in [-0.05, 0) is 44.2 Å². The van der Waals surface area contributed by atoms with Crippen molar-refractivity contribution in [2.75, 3.05) is 13.2 Å². The van der Waals surface area contributed by atoms with Gasteiger partial charge in [0.2, 0.25) is 5.91 Å². The van der Waals surface area contributed by atoms with Gasteiger partial charge in [-0.15, -0.1) is 12.4 Å². The highest BCUT2D eigenvalue weighted by molar-refractivity contribution is 5.87. The third kappa shape index (κ3) is 4.58. The maximum Gasteiger partial charge on any atom is 0.240 e. The lowest BCUT2D eigenvalue weighted by atomic mass is 10.0. The van der Waals surface area contributed by atoms with Crippen molar-refractivity contribution in [3.63, 3.8) is 0 Å². The first-order valence-electron chi connectivity index (χ1n) is 9.30. The van der Waals surface area contributed by atoms with Gasteiger partial charge in [0, 0.05) is 35.8 Å². The van der Waals surface area contributed by atoms with Gasteiger partial charge in [0.25, 0.3) is 0 Å².